The summed E-state index contributed by atoms with van der Waals surface area (Å²) in [5, 5.41) is 9.13. The fraction of sp³-hybridized carbons (Fsp3) is 0.250. The van der Waals surface area contributed by atoms with Crippen LogP contribution in [0.15, 0.2) is 36.4 Å². The summed E-state index contributed by atoms with van der Waals surface area (Å²) in [7, 11) is 0. The summed E-state index contributed by atoms with van der Waals surface area (Å²) in [6.45, 7) is 6.15. The van der Waals surface area contributed by atoms with Crippen LogP contribution in [-0.4, -0.2) is 5.11 Å². The Labute approximate surface area is 108 Å². The van der Waals surface area contributed by atoms with Crippen molar-refractivity contribution in [2.75, 3.05) is 0 Å². The van der Waals surface area contributed by atoms with Crippen LogP contribution in [-0.2, 0) is 6.61 Å². The third-order valence-electron chi connectivity index (χ3n) is 2.92. The van der Waals surface area contributed by atoms with Crippen molar-refractivity contribution in [1.82, 2.24) is 0 Å². The second-order valence-electron chi connectivity index (χ2n) is 4.67. The Balaban J connectivity index is 2.25. The van der Waals surface area contributed by atoms with Gasteiger partial charge in [0.05, 0.1) is 6.61 Å². The van der Waals surface area contributed by atoms with Gasteiger partial charge in [0.15, 0.2) is 0 Å². The van der Waals surface area contributed by atoms with Gasteiger partial charge in [0.1, 0.15) is 11.5 Å². The second-order valence-corrected chi connectivity index (χ2v) is 4.67. The summed E-state index contributed by atoms with van der Waals surface area (Å²) < 4.78 is 5.84. The third kappa shape index (κ3) is 2.90. The molecule has 0 heterocycles. The molecular weight excluding hydrogens is 224 g/mol. The molecule has 0 saturated heterocycles. The number of aliphatic hydroxyl groups excluding tert-OH is 1. The van der Waals surface area contributed by atoms with Crippen LogP contribution in [0.2, 0.25) is 0 Å². The van der Waals surface area contributed by atoms with E-state index in [1.807, 2.05) is 37.3 Å². The normalized spacial score (nSPS) is 10.4. The van der Waals surface area contributed by atoms with Gasteiger partial charge in [0.2, 0.25) is 0 Å². The van der Waals surface area contributed by atoms with Gasteiger partial charge >= 0.3 is 0 Å². The van der Waals surface area contributed by atoms with Crippen molar-refractivity contribution in [3.05, 3.63) is 58.7 Å². The minimum atomic E-state index is 0.0651. The molecule has 0 atom stereocenters. The first-order valence-electron chi connectivity index (χ1n) is 6.05. The molecule has 0 fully saturated rings. The van der Waals surface area contributed by atoms with Gasteiger partial charge in [-0.1, -0.05) is 12.1 Å². The standard InChI is InChI=1S/C16H18O2/c1-11-6-12(2)8-16(7-11)18-15-5-4-14(10-17)13(3)9-15/h4-9,17H,10H2,1-3H3. The van der Waals surface area contributed by atoms with Gasteiger partial charge in [-0.05, 0) is 67.3 Å². The Hall–Kier alpha value is -1.80. The molecule has 0 spiro atoms. The minimum Gasteiger partial charge on any atom is -0.457 e. The summed E-state index contributed by atoms with van der Waals surface area (Å²) in [4.78, 5) is 0. The zero-order valence-electron chi connectivity index (χ0n) is 11.0. The van der Waals surface area contributed by atoms with E-state index in [9.17, 15) is 0 Å². The van der Waals surface area contributed by atoms with Crippen molar-refractivity contribution in [1.29, 1.82) is 0 Å². The van der Waals surface area contributed by atoms with E-state index in [-0.39, 0.29) is 6.61 Å². The van der Waals surface area contributed by atoms with Crippen molar-refractivity contribution >= 4 is 0 Å². The molecule has 94 valence electrons. The van der Waals surface area contributed by atoms with Crippen LogP contribution in [0.4, 0.5) is 0 Å². The highest BCUT2D eigenvalue weighted by Crippen LogP contribution is 2.25. The van der Waals surface area contributed by atoms with Crippen LogP contribution in [0.5, 0.6) is 11.5 Å². The molecule has 0 unspecified atom stereocenters. The molecule has 0 amide bonds. The van der Waals surface area contributed by atoms with Crippen LogP contribution in [0.3, 0.4) is 0 Å². The Bertz CT molecular complexity index is 539. The topological polar surface area (TPSA) is 29.5 Å². The number of ether oxygens (including phenoxy) is 1. The molecule has 0 aromatic heterocycles. The Morgan fingerprint density at radius 1 is 0.889 bits per heavy atom. The van der Waals surface area contributed by atoms with E-state index in [0.717, 1.165) is 22.6 Å². The van der Waals surface area contributed by atoms with Crippen LogP contribution >= 0.6 is 0 Å². The van der Waals surface area contributed by atoms with E-state index in [0.29, 0.717) is 0 Å². The van der Waals surface area contributed by atoms with Crippen LogP contribution in [0, 0.1) is 20.8 Å². The Morgan fingerprint density at radius 2 is 1.56 bits per heavy atom. The zero-order chi connectivity index (χ0) is 13.1. The predicted octanol–water partition coefficient (Wildman–Crippen LogP) is 3.90. The average molecular weight is 242 g/mol. The van der Waals surface area contributed by atoms with Crippen LogP contribution < -0.4 is 4.74 Å². The molecule has 2 heteroatoms. The number of benzene rings is 2. The number of aliphatic hydroxyl groups is 1. The fourth-order valence-electron chi connectivity index (χ4n) is 2.04. The van der Waals surface area contributed by atoms with Crippen molar-refractivity contribution < 1.29 is 9.84 Å². The molecule has 0 bridgehead atoms. The summed E-state index contributed by atoms with van der Waals surface area (Å²) in [6, 6.07) is 11.9. The van der Waals surface area contributed by atoms with Gasteiger partial charge < -0.3 is 9.84 Å². The van der Waals surface area contributed by atoms with Crippen molar-refractivity contribution in [2.24, 2.45) is 0 Å². The summed E-state index contributed by atoms with van der Waals surface area (Å²) in [5.74, 6) is 1.65. The largest absolute Gasteiger partial charge is 0.457 e. The monoisotopic (exact) mass is 242 g/mol. The summed E-state index contributed by atoms with van der Waals surface area (Å²) in [5.41, 5.74) is 4.35. The van der Waals surface area contributed by atoms with E-state index in [4.69, 9.17) is 9.84 Å². The Morgan fingerprint density at radius 3 is 2.11 bits per heavy atom. The van der Waals surface area contributed by atoms with Gasteiger partial charge in [-0.15, -0.1) is 0 Å². The molecule has 0 aliphatic heterocycles. The van der Waals surface area contributed by atoms with Crippen molar-refractivity contribution in [3.8, 4) is 11.5 Å². The van der Waals surface area contributed by atoms with E-state index in [1.165, 1.54) is 11.1 Å². The van der Waals surface area contributed by atoms with Gasteiger partial charge in [0.25, 0.3) is 0 Å². The molecule has 1 N–H and O–H groups in total. The molecule has 2 rings (SSSR count). The van der Waals surface area contributed by atoms with Gasteiger partial charge in [-0.3, -0.25) is 0 Å². The van der Waals surface area contributed by atoms with Crippen molar-refractivity contribution in [2.45, 2.75) is 27.4 Å². The van der Waals surface area contributed by atoms with Crippen LogP contribution in [0.25, 0.3) is 0 Å². The lowest BCUT2D eigenvalue weighted by molar-refractivity contribution is 0.281. The number of aryl methyl sites for hydroxylation is 3. The molecule has 2 nitrogen and oxygen atoms in total. The zero-order valence-corrected chi connectivity index (χ0v) is 11.0. The fourth-order valence-corrected chi connectivity index (χ4v) is 2.04. The summed E-state index contributed by atoms with van der Waals surface area (Å²) in [6.07, 6.45) is 0. The van der Waals surface area contributed by atoms with E-state index in [2.05, 4.69) is 19.9 Å². The lowest BCUT2D eigenvalue weighted by Crippen LogP contribution is -1.91. The van der Waals surface area contributed by atoms with E-state index in [1.54, 1.807) is 0 Å². The highest BCUT2D eigenvalue weighted by Gasteiger charge is 2.02. The molecule has 0 aliphatic carbocycles. The van der Waals surface area contributed by atoms with Crippen LogP contribution in [0.1, 0.15) is 22.3 Å². The molecular formula is C16H18O2. The quantitative estimate of drug-likeness (QED) is 0.884. The smallest absolute Gasteiger partial charge is 0.127 e. The van der Waals surface area contributed by atoms with E-state index < -0.39 is 0 Å². The molecule has 2 aromatic rings. The maximum atomic E-state index is 9.13. The molecule has 2 aromatic carbocycles. The Kier molecular flexibility index (Phi) is 3.68. The number of hydrogen-bond donors (Lipinski definition) is 1. The lowest BCUT2D eigenvalue weighted by Gasteiger charge is -2.10. The SMILES string of the molecule is Cc1cc(C)cc(Oc2ccc(CO)c(C)c2)c1. The molecule has 0 aliphatic rings. The summed E-state index contributed by atoms with van der Waals surface area (Å²) >= 11 is 0. The predicted molar refractivity (Wildman–Crippen MR) is 73.1 cm³/mol. The maximum Gasteiger partial charge on any atom is 0.127 e. The van der Waals surface area contributed by atoms with Crippen molar-refractivity contribution in [3.63, 3.8) is 0 Å². The maximum absolute atomic E-state index is 9.13. The number of hydrogen-bond acceptors (Lipinski definition) is 2. The molecule has 0 radical (unpaired) electrons. The lowest BCUT2D eigenvalue weighted by atomic mass is 10.1. The third-order valence-corrected chi connectivity index (χ3v) is 2.92. The van der Waals surface area contributed by atoms with Gasteiger partial charge in [-0.25, -0.2) is 0 Å². The first kappa shape index (κ1) is 12.7. The highest BCUT2D eigenvalue weighted by atomic mass is 16.5. The first-order valence-corrected chi connectivity index (χ1v) is 6.05. The molecule has 0 saturated carbocycles. The minimum absolute atomic E-state index is 0.0651. The first-order chi connectivity index (χ1) is 8.58. The van der Waals surface area contributed by atoms with Gasteiger partial charge in [-0.2, -0.15) is 0 Å². The van der Waals surface area contributed by atoms with Gasteiger partial charge in [0, 0.05) is 0 Å². The number of rotatable bonds is 3. The second kappa shape index (κ2) is 5.23. The molecule has 18 heavy (non-hydrogen) atoms. The van der Waals surface area contributed by atoms with E-state index >= 15 is 0 Å². The average Bonchev–Trinajstić information content (AvgIpc) is 2.27. The highest BCUT2D eigenvalue weighted by molar-refractivity contribution is 5.40.